The van der Waals surface area contributed by atoms with Gasteiger partial charge in [0, 0.05) is 24.7 Å². The summed E-state index contributed by atoms with van der Waals surface area (Å²) in [7, 11) is 1.89. The molecule has 1 aromatic rings. The molecule has 1 aliphatic rings. The van der Waals surface area contributed by atoms with Gasteiger partial charge in [-0.1, -0.05) is 18.2 Å². The minimum atomic E-state index is -0.822. The van der Waals surface area contributed by atoms with Gasteiger partial charge in [0.25, 0.3) is 0 Å². The van der Waals surface area contributed by atoms with E-state index in [1.807, 2.05) is 11.9 Å². The van der Waals surface area contributed by atoms with Crippen molar-refractivity contribution < 1.29 is 14.3 Å². The summed E-state index contributed by atoms with van der Waals surface area (Å²) in [4.78, 5) is 12.8. The van der Waals surface area contributed by atoms with Crippen LogP contribution in [0.2, 0.25) is 0 Å². The molecule has 1 saturated heterocycles. The van der Waals surface area contributed by atoms with Crippen molar-refractivity contribution in [2.75, 3.05) is 13.6 Å². The Labute approximate surface area is 105 Å². The van der Waals surface area contributed by atoms with Gasteiger partial charge < -0.3 is 10.4 Å². The molecule has 0 aliphatic carbocycles. The second kappa shape index (κ2) is 5.46. The predicted molar refractivity (Wildman–Crippen MR) is 65.7 cm³/mol. The Balaban J connectivity index is 1.95. The fraction of sp³-hybridized carbons (Fsp3) is 0.462. The van der Waals surface area contributed by atoms with Gasteiger partial charge in [-0.15, -0.1) is 0 Å². The number of hydrogen-bond acceptors (Lipinski definition) is 3. The van der Waals surface area contributed by atoms with Crippen LogP contribution in [0.4, 0.5) is 4.39 Å². The average molecular weight is 252 g/mol. The Morgan fingerprint density at radius 2 is 2.28 bits per heavy atom. The van der Waals surface area contributed by atoms with Gasteiger partial charge >= 0.3 is 5.97 Å². The lowest BCUT2D eigenvalue weighted by molar-refractivity contribution is -0.139. The fourth-order valence-electron chi connectivity index (χ4n) is 2.27. The second-order valence-corrected chi connectivity index (χ2v) is 4.70. The summed E-state index contributed by atoms with van der Waals surface area (Å²) in [5, 5.41) is 11.9. The van der Waals surface area contributed by atoms with Crippen molar-refractivity contribution in [3.05, 3.63) is 35.6 Å². The number of aliphatic carboxylic acids is 1. The second-order valence-electron chi connectivity index (χ2n) is 4.70. The summed E-state index contributed by atoms with van der Waals surface area (Å²) in [6.07, 6.45) is 0.556. The van der Waals surface area contributed by atoms with Gasteiger partial charge in [-0.3, -0.25) is 9.69 Å². The summed E-state index contributed by atoms with van der Waals surface area (Å²) >= 11 is 0. The van der Waals surface area contributed by atoms with Crippen LogP contribution in [0.15, 0.2) is 24.3 Å². The highest BCUT2D eigenvalue weighted by molar-refractivity contribution is 5.73. The van der Waals surface area contributed by atoms with Crippen molar-refractivity contribution in [2.45, 2.75) is 25.0 Å². The first-order valence-corrected chi connectivity index (χ1v) is 5.97. The zero-order valence-corrected chi connectivity index (χ0v) is 10.3. The van der Waals surface area contributed by atoms with E-state index in [1.54, 1.807) is 18.2 Å². The van der Waals surface area contributed by atoms with Crippen molar-refractivity contribution in [3.8, 4) is 0 Å². The molecule has 1 fully saturated rings. The van der Waals surface area contributed by atoms with Crippen molar-refractivity contribution in [1.82, 2.24) is 10.2 Å². The third kappa shape index (κ3) is 2.86. The molecule has 4 nitrogen and oxygen atoms in total. The van der Waals surface area contributed by atoms with E-state index in [-0.39, 0.29) is 11.9 Å². The molecule has 0 unspecified atom stereocenters. The van der Waals surface area contributed by atoms with Gasteiger partial charge in [0.1, 0.15) is 11.9 Å². The van der Waals surface area contributed by atoms with Gasteiger partial charge in [0.15, 0.2) is 0 Å². The van der Waals surface area contributed by atoms with Crippen LogP contribution in [0.5, 0.6) is 0 Å². The normalized spacial score (nSPS) is 23.5. The zero-order valence-electron chi connectivity index (χ0n) is 10.3. The Hall–Kier alpha value is -1.46. The van der Waals surface area contributed by atoms with E-state index in [1.165, 1.54) is 6.07 Å². The van der Waals surface area contributed by atoms with Crippen LogP contribution in [0.1, 0.15) is 12.0 Å². The van der Waals surface area contributed by atoms with E-state index in [0.717, 1.165) is 0 Å². The molecule has 18 heavy (non-hydrogen) atoms. The molecule has 1 heterocycles. The van der Waals surface area contributed by atoms with E-state index in [9.17, 15) is 9.18 Å². The lowest BCUT2D eigenvalue weighted by Crippen LogP contribution is -2.33. The van der Waals surface area contributed by atoms with E-state index in [2.05, 4.69) is 5.32 Å². The van der Waals surface area contributed by atoms with Crippen LogP contribution in [0.3, 0.4) is 0 Å². The first-order valence-electron chi connectivity index (χ1n) is 5.97. The Bertz CT molecular complexity index is 439. The molecule has 1 aliphatic heterocycles. The summed E-state index contributed by atoms with van der Waals surface area (Å²) in [5.74, 6) is -1.04. The van der Waals surface area contributed by atoms with Crippen LogP contribution in [0, 0.1) is 5.82 Å². The topological polar surface area (TPSA) is 52.6 Å². The zero-order chi connectivity index (χ0) is 13.1. The van der Waals surface area contributed by atoms with Crippen molar-refractivity contribution in [3.63, 3.8) is 0 Å². The lowest BCUT2D eigenvalue weighted by Gasteiger charge is -2.23. The molecule has 0 spiro atoms. The first-order chi connectivity index (χ1) is 8.58. The van der Waals surface area contributed by atoms with E-state index in [0.29, 0.717) is 25.1 Å². The van der Waals surface area contributed by atoms with E-state index in [4.69, 9.17) is 5.11 Å². The maximum atomic E-state index is 13.5. The quantitative estimate of drug-likeness (QED) is 0.841. The number of likely N-dealkylation sites (N-methyl/N-ethyl adjacent to an activating group) is 1. The molecular weight excluding hydrogens is 235 g/mol. The molecule has 0 amide bonds. The largest absolute Gasteiger partial charge is 0.480 e. The number of carboxylic acid groups (broad SMARTS) is 1. The molecule has 0 radical (unpaired) electrons. The molecular formula is C13H17FN2O2. The molecule has 0 aromatic heterocycles. The molecule has 2 atom stereocenters. The van der Waals surface area contributed by atoms with Gasteiger partial charge in [-0.25, -0.2) is 4.39 Å². The van der Waals surface area contributed by atoms with E-state index >= 15 is 0 Å². The van der Waals surface area contributed by atoms with Crippen LogP contribution < -0.4 is 5.32 Å². The van der Waals surface area contributed by atoms with Gasteiger partial charge in [-0.05, 0) is 19.5 Å². The SMILES string of the molecule is CN(Cc1ccccc1F)[C@@H]1CN[C@H](C(=O)O)C1. The maximum Gasteiger partial charge on any atom is 0.320 e. The standard InChI is InChI=1S/C13H17FN2O2/c1-16(8-9-4-2-3-5-11(9)14)10-6-12(13(17)18)15-7-10/h2-5,10,12,15H,6-8H2,1H3,(H,17,18)/t10-,12-/m0/s1. The Morgan fingerprint density at radius 3 is 2.89 bits per heavy atom. The number of nitrogens with one attached hydrogen (secondary N) is 1. The highest BCUT2D eigenvalue weighted by Crippen LogP contribution is 2.16. The average Bonchev–Trinajstić information content (AvgIpc) is 2.81. The molecule has 98 valence electrons. The highest BCUT2D eigenvalue weighted by Gasteiger charge is 2.31. The number of nitrogens with zero attached hydrogens (tertiary/aromatic N) is 1. The summed E-state index contributed by atoms with van der Waals surface area (Å²) in [5.41, 5.74) is 0.638. The van der Waals surface area contributed by atoms with Gasteiger partial charge in [-0.2, -0.15) is 0 Å². The molecule has 0 saturated carbocycles. The summed E-state index contributed by atoms with van der Waals surface area (Å²) < 4.78 is 13.5. The van der Waals surface area contributed by atoms with Crippen LogP contribution >= 0.6 is 0 Å². The third-order valence-corrected chi connectivity index (χ3v) is 3.41. The lowest BCUT2D eigenvalue weighted by atomic mass is 10.1. The number of hydrogen-bond donors (Lipinski definition) is 2. The van der Waals surface area contributed by atoms with Crippen LogP contribution in [0.25, 0.3) is 0 Å². The highest BCUT2D eigenvalue weighted by atomic mass is 19.1. The number of halogens is 1. The van der Waals surface area contributed by atoms with Crippen molar-refractivity contribution >= 4 is 5.97 Å². The number of rotatable bonds is 4. The van der Waals surface area contributed by atoms with Crippen molar-refractivity contribution in [2.24, 2.45) is 0 Å². The Kier molecular flexibility index (Phi) is 3.93. The summed E-state index contributed by atoms with van der Waals surface area (Å²) in [6, 6.07) is 6.30. The molecule has 5 heteroatoms. The molecule has 2 N–H and O–H groups in total. The minimum absolute atomic E-state index is 0.130. The summed E-state index contributed by atoms with van der Waals surface area (Å²) in [6.45, 7) is 1.12. The fourth-order valence-corrected chi connectivity index (χ4v) is 2.27. The van der Waals surface area contributed by atoms with Gasteiger partial charge in [0.05, 0.1) is 0 Å². The van der Waals surface area contributed by atoms with Gasteiger partial charge in [0.2, 0.25) is 0 Å². The van der Waals surface area contributed by atoms with Crippen LogP contribution in [-0.2, 0) is 11.3 Å². The predicted octanol–water partition coefficient (Wildman–Crippen LogP) is 1.07. The smallest absolute Gasteiger partial charge is 0.320 e. The first kappa shape index (κ1) is 13.0. The molecule has 0 bridgehead atoms. The minimum Gasteiger partial charge on any atom is -0.480 e. The number of carbonyl (C=O) groups is 1. The molecule has 1 aromatic carbocycles. The third-order valence-electron chi connectivity index (χ3n) is 3.41. The van der Waals surface area contributed by atoms with E-state index < -0.39 is 12.0 Å². The molecule has 2 rings (SSSR count). The number of carboxylic acids is 1. The van der Waals surface area contributed by atoms with Crippen molar-refractivity contribution in [1.29, 1.82) is 0 Å². The monoisotopic (exact) mass is 252 g/mol. The number of benzene rings is 1. The van der Waals surface area contributed by atoms with Crippen LogP contribution in [-0.4, -0.2) is 41.7 Å². The Morgan fingerprint density at radius 1 is 1.56 bits per heavy atom. The maximum absolute atomic E-state index is 13.5.